The van der Waals surface area contributed by atoms with E-state index in [0.717, 1.165) is 33.6 Å². The first-order valence-corrected chi connectivity index (χ1v) is 10.3. The average molecular weight is 424 g/mol. The minimum Gasteiger partial charge on any atom is -0.319 e. The summed E-state index contributed by atoms with van der Waals surface area (Å²) in [5.41, 5.74) is 12.6. The maximum Gasteiger partial charge on any atom is 0.428 e. The number of hydrogen-bond donors (Lipinski definition) is 2. The number of aryl methyl sites for hydroxylation is 2. The van der Waals surface area contributed by atoms with Gasteiger partial charge in [-0.2, -0.15) is 4.68 Å². The van der Waals surface area contributed by atoms with E-state index in [0.29, 0.717) is 17.9 Å². The summed E-state index contributed by atoms with van der Waals surface area (Å²) in [5.74, 6) is 0.125. The van der Waals surface area contributed by atoms with Gasteiger partial charge in [0.1, 0.15) is 12.2 Å². The van der Waals surface area contributed by atoms with Gasteiger partial charge in [-0.25, -0.2) is 9.89 Å². The fourth-order valence-electron chi connectivity index (χ4n) is 3.99. The molecule has 0 aliphatic heterocycles. The van der Waals surface area contributed by atoms with Gasteiger partial charge >= 0.3 is 11.6 Å². The third kappa shape index (κ3) is 3.41. The van der Waals surface area contributed by atoms with Crippen molar-refractivity contribution in [3.8, 4) is 22.4 Å². The summed E-state index contributed by atoms with van der Waals surface area (Å²) in [6, 6.07) is 17.5. The number of nitrogens with two attached hydrogens (primary N) is 1. The van der Waals surface area contributed by atoms with Gasteiger partial charge in [-0.15, -0.1) is 9.38 Å². The van der Waals surface area contributed by atoms with Gasteiger partial charge in [0, 0.05) is 29.3 Å². The molecule has 0 unspecified atom stereocenters. The number of H-pyrrole nitrogens is 1. The van der Waals surface area contributed by atoms with Gasteiger partial charge < -0.3 is 5.73 Å². The number of anilines is 1. The number of fused-ring (bicyclic) bond motifs is 1. The summed E-state index contributed by atoms with van der Waals surface area (Å²) in [4.78, 5) is 26.5. The first-order valence-electron chi connectivity index (χ1n) is 10.3. The Kier molecular flexibility index (Phi) is 4.74. The molecule has 0 bridgehead atoms. The normalized spacial score (nSPS) is 11.2. The molecule has 158 valence electrons. The van der Waals surface area contributed by atoms with E-state index in [1.807, 2.05) is 68.4 Å². The molecular weight excluding hydrogens is 402 g/mol. The van der Waals surface area contributed by atoms with E-state index in [4.69, 9.17) is 5.73 Å². The molecule has 3 N–H and O–H groups in total. The number of pyridine rings is 2. The van der Waals surface area contributed by atoms with Crippen molar-refractivity contribution in [2.45, 2.75) is 20.4 Å². The van der Waals surface area contributed by atoms with Crippen LogP contribution in [0, 0.1) is 13.8 Å². The van der Waals surface area contributed by atoms with Crippen molar-refractivity contribution in [2.75, 3.05) is 5.73 Å². The molecule has 4 heterocycles. The highest BCUT2D eigenvalue weighted by Gasteiger charge is 2.26. The molecule has 0 fully saturated rings. The van der Waals surface area contributed by atoms with Crippen molar-refractivity contribution in [1.82, 2.24) is 24.7 Å². The van der Waals surface area contributed by atoms with Crippen LogP contribution in [0.3, 0.4) is 0 Å². The number of benzene rings is 1. The fourth-order valence-corrected chi connectivity index (χ4v) is 3.99. The zero-order valence-electron chi connectivity index (χ0n) is 17.8. The van der Waals surface area contributed by atoms with Crippen LogP contribution in [0.5, 0.6) is 0 Å². The second-order valence-electron chi connectivity index (χ2n) is 7.72. The van der Waals surface area contributed by atoms with Crippen molar-refractivity contribution >= 4 is 11.6 Å². The first-order chi connectivity index (χ1) is 15.5. The summed E-state index contributed by atoms with van der Waals surface area (Å²) >= 11 is 0. The van der Waals surface area contributed by atoms with E-state index < -0.39 is 0 Å². The molecule has 0 amide bonds. The molecule has 5 rings (SSSR count). The van der Waals surface area contributed by atoms with E-state index in [-0.39, 0.29) is 11.6 Å². The number of aromatic nitrogens is 6. The summed E-state index contributed by atoms with van der Waals surface area (Å²) < 4.78 is 2.95. The Labute approximate surface area is 184 Å². The predicted molar refractivity (Wildman–Crippen MR) is 122 cm³/mol. The first kappa shape index (κ1) is 19.6. The van der Waals surface area contributed by atoms with E-state index in [1.54, 1.807) is 12.4 Å². The smallest absolute Gasteiger partial charge is 0.319 e. The van der Waals surface area contributed by atoms with Gasteiger partial charge in [0.05, 0.1) is 5.56 Å². The lowest BCUT2D eigenvalue weighted by Crippen LogP contribution is -2.44. The summed E-state index contributed by atoms with van der Waals surface area (Å²) in [5, 5.41) is 3.28. The van der Waals surface area contributed by atoms with Crippen LogP contribution in [-0.4, -0.2) is 24.7 Å². The van der Waals surface area contributed by atoms with Crippen molar-refractivity contribution in [3.05, 3.63) is 94.4 Å². The molecule has 0 saturated heterocycles. The van der Waals surface area contributed by atoms with Crippen LogP contribution in [0.25, 0.3) is 28.0 Å². The molecule has 0 aliphatic carbocycles. The molecule has 0 spiro atoms. The van der Waals surface area contributed by atoms with E-state index >= 15 is 0 Å². The molecule has 32 heavy (non-hydrogen) atoms. The maximum absolute atomic E-state index is 13.3. The zero-order chi connectivity index (χ0) is 22.2. The molecule has 0 atom stereocenters. The number of nitrogens with zero attached hydrogens (tertiary/aromatic N) is 5. The zero-order valence-corrected chi connectivity index (χ0v) is 17.8. The summed E-state index contributed by atoms with van der Waals surface area (Å²) in [7, 11) is 0. The molecule has 0 radical (unpaired) electrons. The van der Waals surface area contributed by atoms with Gasteiger partial charge in [0.25, 0.3) is 0 Å². The Morgan fingerprint density at radius 2 is 1.66 bits per heavy atom. The molecule has 4 aromatic heterocycles. The molecule has 0 saturated carbocycles. The largest absolute Gasteiger partial charge is 0.428 e. The maximum atomic E-state index is 13.3. The highest BCUT2D eigenvalue weighted by Crippen LogP contribution is 2.33. The third-order valence-corrected chi connectivity index (χ3v) is 5.32. The molecule has 8 heteroatoms. The van der Waals surface area contributed by atoms with Crippen LogP contribution in [0.2, 0.25) is 0 Å². The monoisotopic (exact) mass is 424 g/mol. The minimum atomic E-state index is -0.287. The Morgan fingerprint density at radius 3 is 2.34 bits per heavy atom. The van der Waals surface area contributed by atoms with Gasteiger partial charge in [-0.1, -0.05) is 30.3 Å². The van der Waals surface area contributed by atoms with Crippen LogP contribution in [0.4, 0.5) is 5.95 Å². The Morgan fingerprint density at radius 1 is 0.969 bits per heavy atom. The van der Waals surface area contributed by atoms with Gasteiger partial charge in [0.2, 0.25) is 5.65 Å². The SMILES string of the molecule is Cc1cc(-c2c(-c3ccccc3)nc(N)[n+]3c(=O)n(Cc4ccncc4)[nH]c23)cc(C)n1. The van der Waals surface area contributed by atoms with Crippen LogP contribution in [-0.2, 0) is 6.54 Å². The van der Waals surface area contributed by atoms with Gasteiger partial charge in [-0.3, -0.25) is 9.97 Å². The summed E-state index contributed by atoms with van der Waals surface area (Å²) in [6.07, 6.45) is 3.40. The number of aromatic amines is 1. The van der Waals surface area contributed by atoms with E-state index in [2.05, 4.69) is 20.1 Å². The standard InChI is InChI=1S/C24H21N7O/c1-15-12-19(13-16(2)27-15)20-21(18-6-4-3-5-7-18)28-23(25)31-22(20)29-30(24(31)32)14-17-8-10-26-11-9-17/h3-13H,14H2,1-2H3,(H2,25,27,28,29)/p+1. The van der Waals surface area contributed by atoms with Gasteiger partial charge in [-0.05, 0) is 49.2 Å². The number of rotatable bonds is 4. The number of nitrogen functional groups attached to an aromatic ring is 1. The molecule has 5 aromatic rings. The van der Waals surface area contributed by atoms with E-state index in [1.165, 1.54) is 9.08 Å². The topological polar surface area (TPSA) is 107 Å². The van der Waals surface area contributed by atoms with Crippen molar-refractivity contribution in [2.24, 2.45) is 0 Å². The van der Waals surface area contributed by atoms with Crippen LogP contribution >= 0.6 is 0 Å². The second kappa shape index (κ2) is 7.73. The van der Waals surface area contributed by atoms with Crippen molar-refractivity contribution in [1.29, 1.82) is 0 Å². The average Bonchev–Trinajstić information content (AvgIpc) is 3.10. The lowest BCUT2D eigenvalue weighted by Gasteiger charge is -2.10. The van der Waals surface area contributed by atoms with Crippen molar-refractivity contribution in [3.63, 3.8) is 0 Å². The number of hydrogen-bond acceptors (Lipinski definition) is 5. The Hall–Kier alpha value is -4.33. The van der Waals surface area contributed by atoms with Crippen molar-refractivity contribution < 1.29 is 4.40 Å². The fraction of sp³-hybridized carbons (Fsp3) is 0.125. The number of nitrogens with one attached hydrogen (secondary N) is 1. The lowest BCUT2D eigenvalue weighted by atomic mass is 9.99. The third-order valence-electron chi connectivity index (χ3n) is 5.32. The second-order valence-corrected chi connectivity index (χ2v) is 7.72. The van der Waals surface area contributed by atoms with Gasteiger partial charge in [0.15, 0.2) is 0 Å². The quantitative estimate of drug-likeness (QED) is 0.432. The van der Waals surface area contributed by atoms with Crippen LogP contribution < -0.4 is 15.8 Å². The Bertz CT molecular complexity index is 1470. The molecule has 8 nitrogen and oxygen atoms in total. The van der Waals surface area contributed by atoms with Crippen LogP contribution in [0.1, 0.15) is 17.0 Å². The highest BCUT2D eigenvalue weighted by molar-refractivity contribution is 5.88. The highest BCUT2D eigenvalue weighted by atomic mass is 16.2. The predicted octanol–water partition coefficient (Wildman–Crippen LogP) is 2.68. The molecule has 0 aliphatic rings. The lowest BCUT2D eigenvalue weighted by molar-refractivity contribution is -0.516. The van der Waals surface area contributed by atoms with Crippen LogP contribution in [0.15, 0.2) is 71.8 Å². The van der Waals surface area contributed by atoms with E-state index in [9.17, 15) is 4.79 Å². The summed E-state index contributed by atoms with van der Waals surface area (Å²) in [6.45, 7) is 4.26. The molecular formula is C24H22N7O+. The molecule has 1 aromatic carbocycles. The minimum absolute atomic E-state index is 0.125. The Balaban J connectivity index is 1.84.